The zero-order valence-corrected chi connectivity index (χ0v) is 22.6. The first kappa shape index (κ1) is 28.0. The average molecular weight is 553 g/mol. The number of hydrogen-bond donors (Lipinski definition) is 3. The van der Waals surface area contributed by atoms with E-state index in [9.17, 15) is 22.8 Å². The molecule has 1 saturated carbocycles. The molecule has 2 fully saturated rings. The number of likely N-dealkylation sites (tertiary alicyclic amines) is 1. The van der Waals surface area contributed by atoms with Crippen molar-refractivity contribution in [2.45, 2.75) is 56.5 Å². The fraction of sp³-hybridized carbons (Fsp3) is 0.419. The summed E-state index contributed by atoms with van der Waals surface area (Å²) in [5, 5.41) is 7.74. The van der Waals surface area contributed by atoms with Gasteiger partial charge in [-0.25, -0.2) is 13.2 Å². The minimum absolute atomic E-state index is 0.0382. The van der Waals surface area contributed by atoms with E-state index in [1.54, 1.807) is 11.9 Å². The van der Waals surface area contributed by atoms with Crippen molar-refractivity contribution in [2.24, 2.45) is 5.92 Å². The Morgan fingerprint density at radius 1 is 1.00 bits per heavy atom. The predicted octanol–water partition coefficient (Wildman–Crippen LogP) is 5.27. The van der Waals surface area contributed by atoms with Gasteiger partial charge >= 0.3 is 0 Å². The van der Waals surface area contributed by atoms with E-state index in [1.165, 1.54) is 23.1 Å². The van der Waals surface area contributed by atoms with E-state index in [1.807, 2.05) is 6.07 Å². The van der Waals surface area contributed by atoms with Crippen molar-refractivity contribution < 1.29 is 22.8 Å². The van der Waals surface area contributed by atoms with Crippen LogP contribution in [0.3, 0.4) is 0 Å². The van der Waals surface area contributed by atoms with E-state index in [-0.39, 0.29) is 35.4 Å². The van der Waals surface area contributed by atoms with Crippen LogP contribution in [-0.4, -0.2) is 53.9 Å². The Bertz CT molecular complexity index is 1370. The number of fused-ring (bicyclic) bond motifs is 1. The molecule has 0 radical (unpaired) electrons. The number of aromatic nitrogens is 1. The average Bonchev–Trinajstić information content (AvgIpc) is 3.41. The molecule has 9 heteroatoms. The molecule has 1 atom stereocenters. The minimum atomic E-state index is -1.54. The summed E-state index contributed by atoms with van der Waals surface area (Å²) in [5.74, 6) is -3.88. The van der Waals surface area contributed by atoms with Crippen LogP contribution in [0.15, 0.2) is 48.7 Å². The first-order chi connectivity index (χ1) is 19.3. The maximum atomic E-state index is 13.5. The van der Waals surface area contributed by atoms with Gasteiger partial charge in [0.2, 0.25) is 11.8 Å². The number of benzene rings is 2. The highest BCUT2D eigenvalue weighted by atomic mass is 19.2. The summed E-state index contributed by atoms with van der Waals surface area (Å²) in [5.41, 5.74) is 2.61. The molecule has 40 heavy (non-hydrogen) atoms. The molecule has 2 heterocycles. The first-order valence-electron chi connectivity index (χ1n) is 14.0. The van der Waals surface area contributed by atoms with Crippen LogP contribution >= 0.6 is 0 Å². The van der Waals surface area contributed by atoms with Crippen LogP contribution in [0.4, 0.5) is 13.2 Å². The van der Waals surface area contributed by atoms with Crippen LogP contribution in [-0.2, 0) is 9.59 Å². The molecule has 5 rings (SSSR count). The van der Waals surface area contributed by atoms with Crippen LogP contribution < -0.4 is 10.6 Å². The predicted molar refractivity (Wildman–Crippen MR) is 149 cm³/mol. The highest BCUT2D eigenvalue weighted by Crippen LogP contribution is 2.37. The molecule has 0 spiro atoms. The van der Waals surface area contributed by atoms with Crippen LogP contribution in [0.5, 0.6) is 0 Å². The summed E-state index contributed by atoms with van der Waals surface area (Å²) in [7, 11) is 1.65. The van der Waals surface area contributed by atoms with Crippen molar-refractivity contribution in [1.82, 2.24) is 20.5 Å². The molecule has 1 aliphatic carbocycles. The summed E-state index contributed by atoms with van der Waals surface area (Å²) in [6.07, 6.45) is 10.1. The fourth-order valence-corrected chi connectivity index (χ4v) is 6.24. The quantitative estimate of drug-likeness (QED) is 0.276. The van der Waals surface area contributed by atoms with Gasteiger partial charge in [-0.05, 0) is 85.8 Å². The lowest BCUT2D eigenvalue weighted by Crippen LogP contribution is -2.54. The monoisotopic (exact) mass is 552 g/mol. The molecule has 2 aliphatic rings. The Balaban J connectivity index is 1.15. The SMILES string of the molecule is CNC(=O)C(NC1CCC(c2c[nH]c3ccccc23)CC1)C1CCN(C(=O)/C=C/c2cc(F)c(F)c(F)c2)CC1. The van der Waals surface area contributed by atoms with Crippen molar-refractivity contribution in [3.63, 3.8) is 0 Å². The number of nitrogens with one attached hydrogen (secondary N) is 3. The number of carbonyl (C=O) groups is 2. The Morgan fingerprint density at radius 2 is 1.68 bits per heavy atom. The second-order valence-corrected chi connectivity index (χ2v) is 10.9. The van der Waals surface area contributed by atoms with Crippen molar-refractivity contribution >= 4 is 28.8 Å². The van der Waals surface area contributed by atoms with Crippen LogP contribution in [0, 0.1) is 23.4 Å². The van der Waals surface area contributed by atoms with E-state index in [2.05, 4.69) is 40.0 Å². The lowest BCUT2D eigenvalue weighted by molar-refractivity contribution is -0.128. The lowest BCUT2D eigenvalue weighted by atomic mass is 9.80. The molecule has 2 aromatic carbocycles. The third-order valence-corrected chi connectivity index (χ3v) is 8.48. The Hall–Kier alpha value is -3.59. The molecule has 6 nitrogen and oxygen atoms in total. The molecule has 1 aromatic heterocycles. The zero-order chi connectivity index (χ0) is 28.2. The Kier molecular flexibility index (Phi) is 8.59. The molecule has 0 bridgehead atoms. The van der Waals surface area contributed by atoms with Crippen molar-refractivity contribution in [3.8, 4) is 0 Å². The van der Waals surface area contributed by atoms with Gasteiger partial charge < -0.3 is 20.5 Å². The van der Waals surface area contributed by atoms with Crippen molar-refractivity contribution in [3.05, 3.63) is 77.2 Å². The minimum Gasteiger partial charge on any atom is -0.361 e. The van der Waals surface area contributed by atoms with Gasteiger partial charge in [0.05, 0.1) is 6.04 Å². The summed E-state index contributed by atoms with van der Waals surface area (Å²) >= 11 is 0. The normalized spacial score (nSPS) is 21.1. The smallest absolute Gasteiger partial charge is 0.246 e. The van der Waals surface area contributed by atoms with Gasteiger partial charge in [-0.2, -0.15) is 0 Å². The van der Waals surface area contributed by atoms with Gasteiger partial charge in [-0.3, -0.25) is 9.59 Å². The van der Waals surface area contributed by atoms with Crippen LogP contribution in [0.2, 0.25) is 0 Å². The maximum Gasteiger partial charge on any atom is 0.246 e. The molecule has 1 unspecified atom stereocenters. The summed E-state index contributed by atoms with van der Waals surface area (Å²) < 4.78 is 40.1. The molecule has 2 amide bonds. The molecular weight excluding hydrogens is 517 g/mol. The number of halogens is 3. The molecule has 3 aromatic rings. The van der Waals surface area contributed by atoms with Crippen LogP contribution in [0.25, 0.3) is 17.0 Å². The number of rotatable bonds is 7. The van der Waals surface area contributed by atoms with Crippen molar-refractivity contribution in [1.29, 1.82) is 0 Å². The topological polar surface area (TPSA) is 77.2 Å². The molecule has 1 aliphatic heterocycles. The summed E-state index contributed by atoms with van der Waals surface area (Å²) in [6.45, 7) is 0.949. The number of piperidine rings is 1. The number of hydrogen-bond acceptors (Lipinski definition) is 3. The van der Waals surface area contributed by atoms with Gasteiger partial charge in [-0.15, -0.1) is 0 Å². The molecule has 1 saturated heterocycles. The van der Waals surface area contributed by atoms with Gasteiger partial charge in [0, 0.05) is 49.4 Å². The van der Waals surface area contributed by atoms with Gasteiger partial charge in [0.1, 0.15) is 0 Å². The highest BCUT2D eigenvalue weighted by molar-refractivity contribution is 5.92. The first-order valence-corrected chi connectivity index (χ1v) is 14.0. The summed E-state index contributed by atoms with van der Waals surface area (Å²) in [4.78, 5) is 30.6. The fourth-order valence-electron chi connectivity index (χ4n) is 6.24. The Labute approximate surface area is 232 Å². The summed E-state index contributed by atoms with van der Waals surface area (Å²) in [6, 6.07) is 10.00. The number of likely N-dealkylation sites (N-methyl/N-ethyl adjacent to an activating group) is 1. The van der Waals surface area contributed by atoms with Gasteiger partial charge in [0.25, 0.3) is 0 Å². The Morgan fingerprint density at radius 3 is 2.35 bits per heavy atom. The highest BCUT2D eigenvalue weighted by Gasteiger charge is 2.34. The standard InChI is InChI=1S/C31H35F3N4O2/c1-35-31(40)30(37-22-9-7-20(8-10-22)24-18-36-27-5-3-2-4-23(24)27)21-12-14-38(15-13-21)28(39)11-6-19-16-25(32)29(34)26(33)17-19/h2-6,11,16-18,20-22,30,36-37H,7-10,12-15H2,1H3,(H,35,40)/b11-6+. The van der Waals surface area contributed by atoms with E-state index in [0.717, 1.165) is 43.3 Å². The molecule has 212 valence electrons. The van der Waals surface area contributed by atoms with E-state index in [0.29, 0.717) is 31.8 Å². The molecule has 3 N–H and O–H groups in total. The second kappa shape index (κ2) is 12.3. The second-order valence-electron chi connectivity index (χ2n) is 10.9. The van der Waals surface area contributed by atoms with E-state index < -0.39 is 17.5 Å². The zero-order valence-electron chi connectivity index (χ0n) is 22.6. The van der Waals surface area contributed by atoms with Gasteiger partial charge in [-0.1, -0.05) is 18.2 Å². The molecular formula is C31H35F3N4O2. The van der Waals surface area contributed by atoms with Crippen LogP contribution in [0.1, 0.15) is 55.6 Å². The van der Waals surface area contributed by atoms with Crippen molar-refractivity contribution in [2.75, 3.05) is 20.1 Å². The number of para-hydroxylation sites is 1. The number of amides is 2. The number of carbonyl (C=O) groups excluding carboxylic acids is 2. The number of H-pyrrole nitrogens is 1. The number of nitrogens with zero attached hydrogens (tertiary/aromatic N) is 1. The van der Waals surface area contributed by atoms with E-state index in [4.69, 9.17) is 0 Å². The van der Waals surface area contributed by atoms with Gasteiger partial charge in [0.15, 0.2) is 17.5 Å². The third-order valence-electron chi connectivity index (χ3n) is 8.48. The largest absolute Gasteiger partial charge is 0.361 e. The van der Waals surface area contributed by atoms with E-state index >= 15 is 0 Å². The number of aromatic amines is 1. The lowest BCUT2D eigenvalue weighted by Gasteiger charge is -2.38. The maximum absolute atomic E-state index is 13.5. The third kappa shape index (κ3) is 6.09.